The fourth-order valence-electron chi connectivity index (χ4n) is 1.90. The number of hydrogen-bond donors (Lipinski definition) is 1. The molecule has 0 amide bonds. The molecule has 110 valence electrons. The first kappa shape index (κ1) is 14.3. The quantitative estimate of drug-likeness (QED) is 0.395. The molecule has 0 bridgehead atoms. The summed E-state index contributed by atoms with van der Waals surface area (Å²) in [5.41, 5.74) is -0.292. The summed E-state index contributed by atoms with van der Waals surface area (Å²) in [6, 6.07) is 2.21. The van der Waals surface area contributed by atoms with Crippen LogP contribution in [0.1, 0.15) is 11.3 Å². The van der Waals surface area contributed by atoms with Gasteiger partial charge in [0.15, 0.2) is 11.5 Å². The summed E-state index contributed by atoms with van der Waals surface area (Å²) in [5.74, 6) is -1.22. The molecule has 1 N–H and O–H groups in total. The van der Waals surface area contributed by atoms with Gasteiger partial charge in [-0.3, -0.25) is 10.1 Å². The molecule has 9 heteroatoms. The Bertz CT molecular complexity index is 785. The molecule has 0 atom stereocenters. The molecule has 0 saturated heterocycles. The van der Waals surface area contributed by atoms with Gasteiger partial charge in [-0.25, -0.2) is 9.59 Å². The molecule has 1 aromatic heterocycles. The summed E-state index contributed by atoms with van der Waals surface area (Å²) < 4.78 is 14.0. The van der Waals surface area contributed by atoms with Crippen LogP contribution in [0.15, 0.2) is 25.8 Å². The van der Waals surface area contributed by atoms with Crippen molar-refractivity contribution in [1.29, 1.82) is 0 Å². The molecule has 2 rings (SSSR count). The standard InChI is InChI=1S/C12H9NO8/c1-5-8(20-11(14)15)4-3-7(13(17)18)9(5)10-6(2)19-12(16)21-10/h3-4H,1-2H3,(H,14,15). The first-order valence-electron chi connectivity index (χ1n) is 5.61. The topological polar surface area (TPSA) is 133 Å². The molecule has 21 heavy (non-hydrogen) atoms. The van der Waals surface area contributed by atoms with E-state index in [1.807, 2.05) is 0 Å². The van der Waals surface area contributed by atoms with Gasteiger partial charge in [-0.1, -0.05) is 0 Å². The minimum Gasteiger partial charge on any atom is -0.449 e. The van der Waals surface area contributed by atoms with Gasteiger partial charge in [-0.2, -0.15) is 0 Å². The fourth-order valence-corrected chi connectivity index (χ4v) is 1.90. The minimum atomic E-state index is -1.57. The van der Waals surface area contributed by atoms with Crippen LogP contribution in [-0.4, -0.2) is 16.2 Å². The third-order valence-corrected chi connectivity index (χ3v) is 2.76. The Labute approximate surface area is 116 Å². The highest BCUT2D eigenvalue weighted by Crippen LogP contribution is 2.39. The highest BCUT2D eigenvalue weighted by molar-refractivity contribution is 5.77. The van der Waals surface area contributed by atoms with Gasteiger partial charge in [-0.05, 0) is 19.9 Å². The van der Waals surface area contributed by atoms with Crippen LogP contribution < -0.4 is 10.6 Å². The molecule has 0 aliphatic heterocycles. The second-order valence-corrected chi connectivity index (χ2v) is 4.05. The van der Waals surface area contributed by atoms with E-state index in [0.29, 0.717) is 0 Å². The predicted octanol–water partition coefficient (Wildman–Crippen LogP) is 2.48. The van der Waals surface area contributed by atoms with Crippen LogP contribution in [0, 0.1) is 24.0 Å². The zero-order chi connectivity index (χ0) is 15.7. The Morgan fingerprint density at radius 2 is 2.00 bits per heavy atom. The van der Waals surface area contributed by atoms with Crippen molar-refractivity contribution < 1.29 is 28.4 Å². The molecule has 0 spiro atoms. The normalized spacial score (nSPS) is 10.4. The minimum absolute atomic E-state index is 0.0404. The number of nitro benzene ring substituents is 1. The molecule has 0 aliphatic carbocycles. The Kier molecular flexibility index (Phi) is 3.49. The summed E-state index contributed by atoms with van der Waals surface area (Å²) in [7, 11) is 0. The molecule has 2 aromatic rings. The average Bonchev–Trinajstić information content (AvgIpc) is 2.69. The van der Waals surface area contributed by atoms with Crippen molar-refractivity contribution in [1.82, 2.24) is 0 Å². The van der Waals surface area contributed by atoms with Gasteiger partial charge in [-0.15, -0.1) is 0 Å². The lowest BCUT2D eigenvalue weighted by molar-refractivity contribution is -0.384. The molecule has 1 aromatic carbocycles. The molecule has 0 aliphatic rings. The zero-order valence-electron chi connectivity index (χ0n) is 10.9. The Balaban J connectivity index is 2.76. The van der Waals surface area contributed by atoms with Crippen LogP contribution in [0.5, 0.6) is 5.75 Å². The van der Waals surface area contributed by atoms with E-state index < -0.39 is 16.9 Å². The Morgan fingerprint density at radius 1 is 1.33 bits per heavy atom. The van der Waals surface area contributed by atoms with Crippen LogP contribution in [0.4, 0.5) is 10.5 Å². The maximum atomic E-state index is 11.1. The second kappa shape index (κ2) is 5.12. The maximum absolute atomic E-state index is 11.1. The van der Waals surface area contributed by atoms with Gasteiger partial charge in [0.2, 0.25) is 0 Å². The second-order valence-electron chi connectivity index (χ2n) is 4.05. The van der Waals surface area contributed by atoms with E-state index in [1.165, 1.54) is 13.8 Å². The number of rotatable bonds is 3. The van der Waals surface area contributed by atoms with Gasteiger partial charge in [0.05, 0.1) is 4.92 Å². The number of benzene rings is 1. The highest BCUT2D eigenvalue weighted by atomic mass is 16.7. The largest absolute Gasteiger partial charge is 0.519 e. The van der Waals surface area contributed by atoms with Gasteiger partial charge in [0.25, 0.3) is 5.69 Å². The SMILES string of the molecule is Cc1oc(=O)oc1-c1c([N+](=O)[O-])ccc(OC(=O)O)c1C. The van der Waals surface area contributed by atoms with E-state index in [9.17, 15) is 19.7 Å². The van der Waals surface area contributed by atoms with Crippen molar-refractivity contribution in [3.05, 3.63) is 44.2 Å². The first-order chi connectivity index (χ1) is 9.81. The fraction of sp³-hybridized carbons (Fsp3) is 0.167. The third-order valence-electron chi connectivity index (χ3n) is 2.76. The van der Waals surface area contributed by atoms with Crippen LogP contribution in [0.2, 0.25) is 0 Å². The van der Waals surface area contributed by atoms with Crippen molar-refractivity contribution in [3.8, 4) is 17.1 Å². The lowest BCUT2D eigenvalue weighted by atomic mass is 10.0. The van der Waals surface area contributed by atoms with E-state index in [2.05, 4.69) is 9.15 Å². The van der Waals surface area contributed by atoms with Gasteiger partial charge >= 0.3 is 12.0 Å². The predicted molar refractivity (Wildman–Crippen MR) is 67.5 cm³/mol. The van der Waals surface area contributed by atoms with E-state index in [1.54, 1.807) is 0 Å². The van der Waals surface area contributed by atoms with Crippen LogP contribution >= 0.6 is 0 Å². The molecular formula is C12H9NO8. The van der Waals surface area contributed by atoms with Crippen molar-refractivity contribution in [2.75, 3.05) is 0 Å². The number of nitrogens with zero attached hydrogens (tertiary/aromatic N) is 1. The first-order valence-corrected chi connectivity index (χ1v) is 5.61. The van der Waals surface area contributed by atoms with E-state index in [4.69, 9.17) is 9.52 Å². The smallest absolute Gasteiger partial charge is 0.449 e. The number of ether oxygens (including phenoxy) is 1. The lowest BCUT2D eigenvalue weighted by Crippen LogP contribution is -2.06. The summed E-state index contributed by atoms with van der Waals surface area (Å²) >= 11 is 0. The Morgan fingerprint density at radius 3 is 2.48 bits per heavy atom. The van der Waals surface area contributed by atoms with E-state index >= 15 is 0 Å². The lowest BCUT2D eigenvalue weighted by Gasteiger charge is -2.08. The van der Waals surface area contributed by atoms with Crippen molar-refractivity contribution in [2.24, 2.45) is 0 Å². The number of hydrogen-bond acceptors (Lipinski definition) is 7. The van der Waals surface area contributed by atoms with Crippen molar-refractivity contribution >= 4 is 11.8 Å². The molecule has 0 unspecified atom stereocenters. The molecular weight excluding hydrogens is 286 g/mol. The van der Waals surface area contributed by atoms with Crippen molar-refractivity contribution in [3.63, 3.8) is 0 Å². The number of nitro groups is 1. The Hall–Kier alpha value is -3.10. The molecule has 9 nitrogen and oxygen atoms in total. The van der Waals surface area contributed by atoms with Gasteiger partial charge in [0, 0.05) is 11.6 Å². The summed E-state index contributed by atoms with van der Waals surface area (Å²) in [4.78, 5) is 32.1. The molecule has 0 saturated carbocycles. The molecule has 1 heterocycles. The van der Waals surface area contributed by atoms with Crippen molar-refractivity contribution in [2.45, 2.75) is 13.8 Å². The summed E-state index contributed by atoms with van der Waals surface area (Å²) in [6.45, 7) is 2.81. The zero-order valence-corrected chi connectivity index (χ0v) is 10.9. The van der Waals surface area contributed by atoms with E-state index in [-0.39, 0.29) is 34.1 Å². The van der Waals surface area contributed by atoms with Crippen LogP contribution in [0.3, 0.4) is 0 Å². The van der Waals surface area contributed by atoms with Gasteiger partial charge < -0.3 is 18.7 Å². The third kappa shape index (κ3) is 2.61. The van der Waals surface area contributed by atoms with Crippen LogP contribution in [-0.2, 0) is 0 Å². The van der Waals surface area contributed by atoms with E-state index in [0.717, 1.165) is 12.1 Å². The highest BCUT2D eigenvalue weighted by Gasteiger charge is 2.27. The molecule has 0 radical (unpaired) electrons. The average molecular weight is 295 g/mol. The number of carbonyl (C=O) groups is 1. The van der Waals surface area contributed by atoms with Gasteiger partial charge in [0.1, 0.15) is 11.3 Å². The maximum Gasteiger partial charge on any atom is 0.519 e. The number of aryl methyl sites for hydroxylation is 1. The molecule has 0 fully saturated rings. The summed E-state index contributed by atoms with van der Waals surface area (Å²) in [5, 5.41) is 19.7. The summed E-state index contributed by atoms with van der Waals surface area (Å²) in [6.07, 6.45) is -1.57. The monoisotopic (exact) mass is 295 g/mol. The van der Waals surface area contributed by atoms with Crippen LogP contribution in [0.25, 0.3) is 11.3 Å². The number of carboxylic acid groups (broad SMARTS) is 1.